The van der Waals surface area contributed by atoms with E-state index in [0.717, 1.165) is 22.8 Å². The predicted molar refractivity (Wildman–Crippen MR) is 93.4 cm³/mol. The van der Waals surface area contributed by atoms with Crippen molar-refractivity contribution in [3.05, 3.63) is 65.7 Å². The summed E-state index contributed by atoms with van der Waals surface area (Å²) in [4.78, 5) is 0. The van der Waals surface area contributed by atoms with Crippen LogP contribution in [-0.2, 0) is 6.54 Å². The van der Waals surface area contributed by atoms with Gasteiger partial charge < -0.3 is 0 Å². The van der Waals surface area contributed by atoms with Gasteiger partial charge in [0.2, 0.25) is 0 Å². The van der Waals surface area contributed by atoms with E-state index in [9.17, 15) is 0 Å². The first-order valence-electron chi connectivity index (χ1n) is 7.41. The molecule has 22 heavy (non-hydrogen) atoms. The lowest BCUT2D eigenvalue weighted by molar-refractivity contribution is 0.687. The van der Waals surface area contributed by atoms with E-state index < -0.39 is 0 Å². The van der Waals surface area contributed by atoms with Crippen LogP contribution in [0.15, 0.2) is 60.7 Å². The highest BCUT2D eigenvalue weighted by atomic mass is 35.5. The summed E-state index contributed by atoms with van der Waals surface area (Å²) in [5.41, 5.74) is 3.28. The number of hydrogen-bond donors (Lipinski definition) is 0. The minimum Gasteiger partial charge on any atom is -0.264 e. The van der Waals surface area contributed by atoms with Gasteiger partial charge in [-0.05, 0) is 42.0 Å². The molecular weight excluding hydrogens is 292 g/mol. The van der Waals surface area contributed by atoms with Crippen LogP contribution in [0.4, 0.5) is 0 Å². The zero-order chi connectivity index (χ0) is 15.1. The van der Waals surface area contributed by atoms with Crippen molar-refractivity contribution in [3.63, 3.8) is 0 Å². The van der Waals surface area contributed by atoms with Crippen LogP contribution in [0.2, 0.25) is 5.02 Å². The molecule has 1 heterocycles. The minimum absolute atomic E-state index is 0.744. The molecule has 0 aliphatic rings. The van der Waals surface area contributed by atoms with Crippen molar-refractivity contribution >= 4 is 33.3 Å². The van der Waals surface area contributed by atoms with Gasteiger partial charge in [-0.3, -0.25) is 4.68 Å². The fourth-order valence-corrected chi connectivity index (χ4v) is 3.05. The Labute approximate surface area is 133 Å². The Morgan fingerprint density at radius 1 is 0.955 bits per heavy atom. The number of hydrogen-bond acceptors (Lipinski definition) is 1. The van der Waals surface area contributed by atoms with Crippen LogP contribution in [0.5, 0.6) is 0 Å². The molecular formula is C19H15ClN2. The molecule has 0 unspecified atom stereocenters. The van der Waals surface area contributed by atoms with E-state index in [-0.39, 0.29) is 0 Å². The summed E-state index contributed by atoms with van der Waals surface area (Å²) in [5, 5.41) is 9.21. The number of aryl methyl sites for hydroxylation is 1. The largest absolute Gasteiger partial charge is 0.264 e. The Bertz CT molecular complexity index is 968. The average Bonchev–Trinajstić information content (AvgIpc) is 2.91. The standard InChI is InChI=1S/C19H15ClN2/c1-2-22-18-12-15-6-4-3-5-14(15)11-17(18)19(21-22)13-7-9-16(20)10-8-13/h3-12H,2H2,1H3. The summed E-state index contributed by atoms with van der Waals surface area (Å²) in [6.45, 7) is 2.97. The topological polar surface area (TPSA) is 17.8 Å². The maximum absolute atomic E-state index is 6.00. The van der Waals surface area contributed by atoms with Gasteiger partial charge in [0.25, 0.3) is 0 Å². The second-order valence-corrected chi connectivity index (χ2v) is 5.82. The Balaban J connectivity index is 2.05. The van der Waals surface area contributed by atoms with Gasteiger partial charge in [0, 0.05) is 22.5 Å². The van der Waals surface area contributed by atoms with Gasteiger partial charge in [-0.2, -0.15) is 5.10 Å². The van der Waals surface area contributed by atoms with Gasteiger partial charge in [-0.1, -0.05) is 48.0 Å². The highest BCUT2D eigenvalue weighted by Crippen LogP contribution is 2.32. The van der Waals surface area contributed by atoms with Gasteiger partial charge in [0.05, 0.1) is 5.52 Å². The third-order valence-electron chi connectivity index (χ3n) is 4.04. The highest BCUT2D eigenvalue weighted by molar-refractivity contribution is 6.30. The number of aromatic nitrogens is 2. The Morgan fingerprint density at radius 3 is 2.32 bits per heavy atom. The molecule has 108 valence electrons. The monoisotopic (exact) mass is 306 g/mol. The molecule has 0 saturated carbocycles. The highest BCUT2D eigenvalue weighted by Gasteiger charge is 2.12. The van der Waals surface area contributed by atoms with Crippen LogP contribution in [0.3, 0.4) is 0 Å². The van der Waals surface area contributed by atoms with Gasteiger partial charge in [-0.15, -0.1) is 0 Å². The smallest absolute Gasteiger partial charge is 0.100 e. The maximum atomic E-state index is 6.00. The average molecular weight is 307 g/mol. The molecule has 3 aromatic carbocycles. The lowest BCUT2D eigenvalue weighted by Gasteiger charge is -2.01. The number of nitrogens with zero attached hydrogens (tertiary/aromatic N) is 2. The molecule has 0 saturated heterocycles. The lowest BCUT2D eigenvalue weighted by Crippen LogP contribution is -1.95. The Kier molecular flexibility index (Phi) is 3.12. The summed E-state index contributed by atoms with van der Waals surface area (Å²) in [6, 6.07) is 20.8. The molecule has 3 heteroatoms. The summed E-state index contributed by atoms with van der Waals surface area (Å²) in [5.74, 6) is 0. The van der Waals surface area contributed by atoms with Crippen molar-refractivity contribution in [3.8, 4) is 11.3 Å². The molecule has 0 amide bonds. The van der Waals surface area contributed by atoms with E-state index in [1.807, 2.05) is 24.3 Å². The fourth-order valence-electron chi connectivity index (χ4n) is 2.92. The maximum Gasteiger partial charge on any atom is 0.100 e. The number of rotatable bonds is 2. The SMILES string of the molecule is CCn1nc(-c2ccc(Cl)cc2)c2cc3ccccc3cc21. The third-order valence-corrected chi connectivity index (χ3v) is 4.29. The molecule has 2 nitrogen and oxygen atoms in total. The molecule has 0 atom stereocenters. The summed E-state index contributed by atoms with van der Waals surface area (Å²) in [7, 11) is 0. The third kappa shape index (κ3) is 2.08. The predicted octanol–water partition coefficient (Wildman–Crippen LogP) is 5.53. The molecule has 4 rings (SSSR count). The molecule has 0 radical (unpaired) electrons. The van der Waals surface area contributed by atoms with Crippen molar-refractivity contribution < 1.29 is 0 Å². The quantitative estimate of drug-likeness (QED) is 0.476. The fraction of sp³-hybridized carbons (Fsp3) is 0.105. The normalized spacial score (nSPS) is 11.4. The van der Waals surface area contributed by atoms with Gasteiger partial charge in [0.15, 0.2) is 0 Å². The number of benzene rings is 3. The van der Waals surface area contributed by atoms with Gasteiger partial charge in [0.1, 0.15) is 5.69 Å². The molecule has 0 spiro atoms. The summed E-state index contributed by atoms with van der Waals surface area (Å²) >= 11 is 6.00. The lowest BCUT2D eigenvalue weighted by atomic mass is 10.0. The van der Waals surface area contributed by atoms with Crippen molar-refractivity contribution in [2.45, 2.75) is 13.5 Å². The molecule has 0 aliphatic heterocycles. The number of fused-ring (bicyclic) bond motifs is 2. The van der Waals surface area contributed by atoms with Gasteiger partial charge in [-0.25, -0.2) is 0 Å². The minimum atomic E-state index is 0.744. The van der Waals surface area contributed by atoms with Crippen LogP contribution in [-0.4, -0.2) is 9.78 Å². The van der Waals surface area contributed by atoms with Crippen LogP contribution >= 0.6 is 11.6 Å². The Hall–Kier alpha value is -2.32. The van der Waals surface area contributed by atoms with Crippen LogP contribution in [0, 0.1) is 0 Å². The van der Waals surface area contributed by atoms with E-state index in [2.05, 4.69) is 48.0 Å². The van der Waals surface area contributed by atoms with E-state index in [1.54, 1.807) is 0 Å². The van der Waals surface area contributed by atoms with Crippen molar-refractivity contribution in [2.24, 2.45) is 0 Å². The van der Waals surface area contributed by atoms with Crippen LogP contribution < -0.4 is 0 Å². The molecule has 4 aromatic rings. The second-order valence-electron chi connectivity index (χ2n) is 5.39. The van der Waals surface area contributed by atoms with Crippen molar-refractivity contribution in [1.82, 2.24) is 9.78 Å². The van der Waals surface area contributed by atoms with Crippen LogP contribution in [0.1, 0.15) is 6.92 Å². The zero-order valence-corrected chi connectivity index (χ0v) is 13.0. The molecule has 0 fully saturated rings. The molecule has 0 bridgehead atoms. The Morgan fingerprint density at radius 2 is 1.64 bits per heavy atom. The first-order valence-corrected chi connectivity index (χ1v) is 7.79. The van der Waals surface area contributed by atoms with Crippen molar-refractivity contribution in [1.29, 1.82) is 0 Å². The zero-order valence-electron chi connectivity index (χ0n) is 12.3. The van der Waals surface area contributed by atoms with E-state index in [0.29, 0.717) is 0 Å². The van der Waals surface area contributed by atoms with E-state index in [1.165, 1.54) is 21.7 Å². The van der Waals surface area contributed by atoms with E-state index in [4.69, 9.17) is 16.7 Å². The molecule has 0 aliphatic carbocycles. The second kappa shape index (κ2) is 5.15. The first-order chi connectivity index (χ1) is 10.8. The van der Waals surface area contributed by atoms with Crippen molar-refractivity contribution in [2.75, 3.05) is 0 Å². The molecule has 0 N–H and O–H groups in total. The summed E-state index contributed by atoms with van der Waals surface area (Å²) < 4.78 is 2.06. The summed E-state index contributed by atoms with van der Waals surface area (Å²) in [6.07, 6.45) is 0. The van der Waals surface area contributed by atoms with Gasteiger partial charge >= 0.3 is 0 Å². The first kappa shape index (κ1) is 13.4. The van der Waals surface area contributed by atoms with Crippen LogP contribution in [0.25, 0.3) is 32.9 Å². The number of halogens is 1. The van der Waals surface area contributed by atoms with E-state index >= 15 is 0 Å². The molecule has 1 aromatic heterocycles.